The van der Waals surface area contributed by atoms with Gasteiger partial charge >= 0.3 is 11.9 Å². The molecule has 0 N–H and O–H groups in total. The van der Waals surface area contributed by atoms with E-state index in [2.05, 4.69) is 37.8 Å². The van der Waals surface area contributed by atoms with Crippen LogP contribution in [0, 0.1) is 11.8 Å². The van der Waals surface area contributed by atoms with E-state index >= 15 is 0 Å². The van der Waals surface area contributed by atoms with Gasteiger partial charge in [0.05, 0.1) is 19.1 Å². The highest BCUT2D eigenvalue weighted by Gasteiger charge is 2.31. The van der Waals surface area contributed by atoms with Gasteiger partial charge in [0.1, 0.15) is 11.9 Å². The first-order valence-corrected chi connectivity index (χ1v) is 13.8. The highest BCUT2D eigenvalue weighted by Crippen LogP contribution is 2.39. The topological polar surface area (TPSA) is 61.8 Å². The molecular formula is C30H44O5. The third-order valence-corrected chi connectivity index (χ3v) is 7.76. The van der Waals surface area contributed by atoms with E-state index in [4.69, 9.17) is 14.2 Å². The lowest BCUT2D eigenvalue weighted by Crippen LogP contribution is -2.30. The molecule has 0 saturated heterocycles. The summed E-state index contributed by atoms with van der Waals surface area (Å²) >= 11 is 0. The Kier molecular flexibility index (Phi) is 11.7. The van der Waals surface area contributed by atoms with Crippen molar-refractivity contribution in [3.63, 3.8) is 0 Å². The molecule has 0 heterocycles. The average molecular weight is 485 g/mol. The molecule has 3 rings (SSSR count). The van der Waals surface area contributed by atoms with E-state index in [1.807, 2.05) is 0 Å². The van der Waals surface area contributed by atoms with E-state index in [0.717, 1.165) is 70.0 Å². The molecule has 2 saturated carbocycles. The van der Waals surface area contributed by atoms with Crippen LogP contribution < -0.4 is 4.74 Å². The van der Waals surface area contributed by atoms with Gasteiger partial charge in [0.15, 0.2) is 0 Å². The van der Waals surface area contributed by atoms with E-state index in [-0.39, 0.29) is 24.0 Å². The maximum Gasteiger partial charge on any atom is 0.330 e. The molecule has 2 aliphatic carbocycles. The second kappa shape index (κ2) is 15.0. The van der Waals surface area contributed by atoms with Crippen LogP contribution in [-0.2, 0) is 19.1 Å². The Morgan fingerprint density at radius 3 is 2.23 bits per heavy atom. The summed E-state index contributed by atoms with van der Waals surface area (Å²) in [5.41, 5.74) is 1.38. The molecule has 1 aromatic rings. The van der Waals surface area contributed by atoms with Crippen LogP contribution in [0.5, 0.6) is 5.75 Å². The number of rotatable bonds is 13. The zero-order valence-electron chi connectivity index (χ0n) is 21.6. The molecule has 2 aliphatic rings. The Labute approximate surface area is 211 Å². The lowest BCUT2D eigenvalue weighted by Gasteiger charge is -2.32. The summed E-state index contributed by atoms with van der Waals surface area (Å²) in [7, 11) is 0. The molecule has 2 fully saturated rings. The Morgan fingerprint density at radius 2 is 1.57 bits per heavy atom. The van der Waals surface area contributed by atoms with Gasteiger partial charge in [0, 0.05) is 6.08 Å². The molecule has 0 aromatic heterocycles. The van der Waals surface area contributed by atoms with Gasteiger partial charge in [-0.15, -0.1) is 0 Å². The summed E-state index contributed by atoms with van der Waals surface area (Å²) < 4.78 is 16.7. The molecule has 1 aromatic carbocycles. The molecule has 5 heteroatoms. The molecule has 0 radical (unpaired) electrons. The SMILES string of the molecule is C=CC(=O)OCCCCCCOc1ccc(C2CCC(C(C)C(=O)OC3CCCCC3)CC2)cc1. The van der Waals surface area contributed by atoms with Crippen LogP contribution in [0.1, 0.15) is 102 Å². The Hall–Kier alpha value is -2.30. The predicted octanol–water partition coefficient (Wildman–Crippen LogP) is 7.14. The van der Waals surface area contributed by atoms with Crippen molar-refractivity contribution < 1.29 is 23.8 Å². The Bertz CT molecular complexity index is 772. The highest BCUT2D eigenvalue weighted by molar-refractivity contribution is 5.81. The maximum absolute atomic E-state index is 12.7. The quantitative estimate of drug-likeness (QED) is 0.169. The monoisotopic (exact) mass is 484 g/mol. The molecule has 1 atom stereocenters. The number of unbranched alkanes of at least 4 members (excludes halogenated alkanes) is 3. The van der Waals surface area contributed by atoms with E-state index in [1.165, 1.54) is 30.9 Å². The summed E-state index contributed by atoms with van der Waals surface area (Å²) in [5.74, 6) is 1.61. The number of esters is 2. The summed E-state index contributed by atoms with van der Waals surface area (Å²) in [5, 5.41) is 0. The third kappa shape index (κ3) is 9.35. The number of benzene rings is 1. The van der Waals surface area contributed by atoms with E-state index in [0.29, 0.717) is 25.0 Å². The van der Waals surface area contributed by atoms with Crippen molar-refractivity contribution in [1.29, 1.82) is 0 Å². The standard InChI is InChI=1S/C30H44O5/c1-3-29(31)34-22-10-5-4-9-21-33-27-19-17-26(18-20-27)25-15-13-24(14-16-25)23(2)30(32)35-28-11-7-6-8-12-28/h3,17-20,23-25,28H,1,4-16,21-22H2,2H3. The lowest BCUT2D eigenvalue weighted by atomic mass is 9.74. The van der Waals surface area contributed by atoms with Crippen LogP contribution in [0.2, 0.25) is 0 Å². The fraction of sp³-hybridized carbons (Fsp3) is 0.667. The number of carbonyl (C=O) groups is 2. The molecular weight excluding hydrogens is 440 g/mol. The molecule has 0 bridgehead atoms. The molecule has 0 aliphatic heterocycles. The molecule has 5 nitrogen and oxygen atoms in total. The first-order chi connectivity index (χ1) is 17.1. The highest BCUT2D eigenvalue weighted by atomic mass is 16.5. The lowest BCUT2D eigenvalue weighted by molar-refractivity contribution is -0.157. The van der Waals surface area contributed by atoms with Gasteiger partial charge in [-0.2, -0.15) is 0 Å². The van der Waals surface area contributed by atoms with Crippen LogP contribution in [-0.4, -0.2) is 31.3 Å². The van der Waals surface area contributed by atoms with Gasteiger partial charge in [0.25, 0.3) is 0 Å². The first-order valence-electron chi connectivity index (χ1n) is 13.8. The third-order valence-electron chi connectivity index (χ3n) is 7.76. The van der Waals surface area contributed by atoms with Crippen molar-refractivity contribution in [3.8, 4) is 5.75 Å². The Balaban J connectivity index is 1.30. The predicted molar refractivity (Wildman–Crippen MR) is 138 cm³/mol. The number of carbonyl (C=O) groups excluding carboxylic acids is 2. The first kappa shape index (κ1) is 27.3. The average Bonchev–Trinajstić information content (AvgIpc) is 2.90. The summed E-state index contributed by atoms with van der Waals surface area (Å²) in [4.78, 5) is 23.6. The molecule has 35 heavy (non-hydrogen) atoms. The fourth-order valence-corrected chi connectivity index (χ4v) is 5.42. The molecule has 1 unspecified atom stereocenters. The number of ether oxygens (including phenoxy) is 3. The minimum Gasteiger partial charge on any atom is -0.494 e. The largest absolute Gasteiger partial charge is 0.494 e. The Morgan fingerprint density at radius 1 is 0.914 bits per heavy atom. The van der Waals surface area contributed by atoms with Crippen LogP contribution in [0.15, 0.2) is 36.9 Å². The van der Waals surface area contributed by atoms with E-state index in [1.54, 1.807) is 0 Å². The van der Waals surface area contributed by atoms with Gasteiger partial charge in [-0.3, -0.25) is 4.79 Å². The minimum absolute atomic E-state index is 0.0100. The van der Waals surface area contributed by atoms with Crippen LogP contribution in [0.3, 0.4) is 0 Å². The molecule has 0 spiro atoms. The van der Waals surface area contributed by atoms with Gasteiger partial charge in [-0.1, -0.05) is 32.1 Å². The van der Waals surface area contributed by atoms with Crippen molar-refractivity contribution >= 4 is 11.9 Å². The van der Waals surface area contributed by atoms with Crippen molar-refractivity contribution in [1.82, 2.24) is 0 Å². The van der Waals surface area contributed by atoms with Crippen molar-refractivity contribution in [2.24, 2.45) is 11.8 Å². The van der Waals surface area contributed by atoms with Gasteiger partial charge in [-0.05, 0) is 107 Å². The smallest absolute Gasteiger partial charge is 0.330 e. The van der Waals surface area contributed by atoms with Crippen molar-refractivity contribution in [3.05, 3.63) is 42.5 Å². The summed E-state index contributed by atoms with van der Waals surface area (Å²) in [6.45, 7) is 6.61. The van der Waals surface area contributed by atoms with Gasteiger partial charge < -0.3 is 14.2 Å². The second-order valence-electron chi connectivity index (χ2n) is 10.3. The molecule has 0 amide bonds. The maximum atomic E-state index is 12.7. The normalized spacial score (nSPS) is 21.6. The van der Waals surface area contributed by atoms with Gasteiger partial charge in [0.2, 0.25) is 0 Å². The second-order valence-corrected chi connectivity index (χ2v) is 10.3. The van der Waals surface area contributed by atoms with Gasteiger partial charge in [-0.25, -0.2) is 4.79 Å². The van der Waals surface area contributed by atoms with Crippen molar-refractivity contribution in [2.45, 2.75) is 102 Å². The zero-order chi connectivity index (χ0) is 24.9. The van der Waals surface area contributed by atoms with Crippen LogP contribution in [0.4, 0.5) is 0 Å². The summed E-state index contributed by atoms with van der Waals surface area (Å²) in [6.07, 6.45) is 15.5. The van der Waals surface area contributed by atoms with Crippen LogP contribution >= 0.6 is 0 Å². The number of hydrogen-bond donors (Lipinski definition) is 0. The van der Waals surface area contributed by atoms with Crippen LogP contribution in [0.25, 0.3) is 0 Å². The molecule has 194 valence electrons. The minimum atomic E-state index is -0.353. The van der Waals surface area contributed by atoms with Crippen molar-refractivity contribution in [2.75, 3.05) is 13.2 Å². The number of hydrogen-bond acceptors (Lipinski definition) is 5. The van der Waals surface area contributed by atoms with E-state index in [9.17, 15) is 9.59 Å². The van der Waals surface area contributed by atoms with E-state index < -0.39 is 0 Å². The summed E-state index contributed by atoms with van der Waals surface area (Å²) in [6, 6.07) is 8.57. The fourth-order valence-electron chi connectivity index (χ4n) is 5.42. The zero-order valence-corrected chi connectivity index (χ0v) is 21.6.